The molecular formula is C16H11BrN2OSe. The maximum atomic E-state index is 12.1. The second kappa shape index (κ2) is 6.39. The number of hydrogen-bond acceptors (Lipinski definition) is 2. The first-order chi connectivity index (χ1) is 10.2. The minimum atomic E-state index is -0.110. The SMILES string of the molecule is O=C(Nc1nc(-c2ccc(Br)cc2)c[se]1)c1ccccc1. The number of carbonyl (C=O) groups is 1. The third kappa shape index (κ3) is 3.50. The van der Waals surface area contributed by atoms with Crippen molar-refractivity contribution in [3.63, 3.8) is 0 Å². The molecule has 3 nitrogen and oxygen atoms in total. The number of hydrogen-bond donors (Lipinski definition) is 1. The molecule has 0 aliphatic rings. The first kappa shape index (κ1) is 14.3. The molecule has 0 saturated carbocycles. The Kier molecular flexibility index (Phi) is 4.34. The van der Waals surface area contributed by atoms with E-state index in [1.807, 2.05) is 42.5 Å². The second-order valence-electron chi connectivity index (χ2n) is 4.36. The van der Waals surface area contributed by atoms with Gasteiger partial charge in [0, 0.05) is 0 Å². The van der Waals surface area contributed by atoms with Gasteiger partial charge in [0.25, 0.3) is 0 Å². The van der Waals surface area contributed by atoms with Crippen LogP contribution in [-0.2, 0) is 0 Å². The Bertz CT molecular complexity index is 753. The molecule has 0 unspecified atom stereocenters. The Hall–Kier alpha value is -1.68. The van der Waals surface area contributed by atoms with E-state index in [0.717, 1.165) is 20.4 Å². The predicted molar refractivity (Wildman–Crippen MR) is 88.7 cm³/mol. The van der Waals surface area contributed by atoms with Crippen molar-refractivity contribution in [2.45, 2.75) is 0 Å². The van der Waals surface area contributed by atoms with Crippen molar-refractivity contribution in [3.8, 4) is 11.3 Å². The van der Waals surface area contributed by atoms with Crippen LogP contribution in [0.3, 0.4) is 0 Å². The summed E-state index contributed by atoms with van der Waals surface area (Å²) in [6.45, 7) is 0. The van der Waals surface area contributed by atoms with E-state index >= 15 is 0 Å². The van der Waals surface area contributed by atoms with Gasteiger partial charge in [-0.05, 0) is 0 Å². The average molecular weight is 406 g/mol. The molecule has 104 valence electrons. The van der Waals surface area contributed by atoms with Crippen molar-refractivity contribution < 1.29 is 4.79 Å². The zero-order valence-corrected chi connectivity index (χ0v) is 14.2. The number of aromatic nitrogens is 1. The van der Waals surface area contributed by atoms with Gasteiger partial charge in [0.1, 0.15) is 0 Å². The molecule has 0 aliphatic carbocycles. The normalized spacial score (nSPS) is 10.3. The fraction of sp³-hybridized carbons (Fsp3) is 0. The third-order valence-corrected chi connectivity index (χ3v) is 5.02. The minimum absolute atomic E-state index is 0.0623. The molecule has 21 heavy (non-hydrogen) atoms. The van der Waals surface area contributed by atoms with Crippen molar-refractivity contribution in [2.75, 3.05) is 5.32 Å². The molecule has 2 aromatic carbocycles. The van der Waals surface area contributed by atoms with E-state index in [4.69, 9.17) is 0 Å². The molecule has 0 atom stereocenters. The number of halogens is 1. The fourth-order valence-electron chi connectivity index (χ4n) is 1.84. The number of carbonyl (C=O) groups excluding carboxylic acids is 1. The van der Waals surface area contributed by atoms with Crippen molar-refractivity contribution in [1.82, 2.24) is 4.98 Å². The molecule has 0 fully saturated rings. The van der Waals surface area contributed by atoms with E-state index in [2.05, 4.69) is 31.2 Å². The molecule has 0 bridgehead atoms. The molecule has 0 radical (unpaired) electrons. The predicted octanol–water partition coefficient (Wildman–Crippen LogP) is 3.82. The molecule has 1 N–H and O–H groups in total. The fourth-order valence-corrected chi connectivity index (χ4v) is 3.61. The Balaban J connectivity index is 1.76. The monoisotopic (exact) mass is 406 g/mol. The number of nitrogens with zero attached hydrogens (tertiary/aromatic N) is 1. The van der Waals surface area contributed by atoms with Gasteiger partial charge >= 0.3 is 137 Å². The Morgan fingerprint density at radius 2 is 1.76 bits per heavy atom. The first-order valence-corrected chi connectivity index (χ1v) is 8.94. The summed E-state index contributed by atoms with van der Waals surface area (Å²) in [6.07, 6.45) is 0. The Morgan fingerprint density at radius 3 is 2.48 bits per heavy atom. The summed E-state index contributed by atoms with van der Waals surface area (Å²) in [6, 6.07) is 17.2. The van der Waals surface area contributed by atoms with Gasteiger partial charge in [0.05, 0.1) is 0 Å². The molecule has 1 amide bonds. The molecule has 5 heteroatoms. The number of benzene rings is 2. The van der Waals surface area contributed by atoms with Gasteiger partial charge < -0.3 is 0 Å². The van der Waals surface area contributed by atoms with Crippen LogP contribution in [0, 0.1) is 0 Å². The second-order valence-corrected chi connectivity index (χ2v) is 7.08. The molecule has 3 aromatic rings. The summed E-state index contributed by atoms with van der Waals surface area (Å²) in [5, 5.41) is 2.88. The van der Waals surface area contributed by atoms with Crippen LogP contribution in [0.25, 0.3) is 11.3 Å². The molecule has 3 rings (SSSR count). The van der Waals surface area contributed by atoms with Gasteiger partial charge in [0.2, 0.25) is 0 Å². The summed E-state index contributed by atoms with van der Waals surface area (Å²) in [5.74, 6) is -0.110. The van der Waals surface area contributed by atoms with Crippen molar-refractivity contribution in [2.24, 2.45) is 0 Å². The van der Waals surface area contributed by atoms with E-state index in [9.17, 15) is 4.79 Å². The molecule has 1 aromatic heterocycles. The summed E-state index contributed by atoms with van der Waals surface area (Å²) in [4.78, 5) is 18.7. The van der Waals surface area contributed by atoms with Gasteiger partial charge in [-0.3, -0.25) is 0 Å². The van der Waals surface area contributed by atoms with Crippen LogP contribution in [0.5, 0.6) is 0 Å². The van der Waals surface area contributed by atoms with Crippen LogP contribution in [0.2, 0.25) is 0 Å². The van der Waals surface area contributed by atoms with Gasteiger partial charge in [0.15, 0.2) is 0 Å². The van der Waals surface area contributed by atoms with Crippen LogP contribution in [0.1, 0.15) is 10.4 Å². The molecule has 0 spiro atoms. The number of nitrogens with one attached hydrogen (secondary N) is 1. The van der Waals surface area contributed by atoms with Gasteiger partial charge in [-0.15, -0.1) is 0 Å². The standard InChI is InChI=1S/C16H11BrN2OSe/c17-13-8-6-11(7-9-13)14-10-21-16(18-14)19-15(20)12-4-2-1-3-5-12/h1-10H,(H,18,19,20). The summed E-state index contributed by atoms with van der Waals surface area (Å²) < 4.78 is 1.78. The van der Waals surface area contributed by atoms with Crippen molar-refractivity contribution in [3.05, 3.63) is 69.6 Å². The number of rotatable bonds is 3. The van der Waals surface area contributed by atoms with Crippen LogP contribution < -0.4 is 5.32 Å². The van der Waals surface area contributed by atoms with E-state index in [0.29, 0.717) is 5.56 Å². The molecular weight excluding hydrogens is 395 g/mol. The molecule has 0 saturated heterocycles. The summed E-state index contributed by atoms with van der Waals surface area (Å²) >= 11 is 3.48. The topological polar surface area (TPSA) is 42.0 Å². The summed E-state index contributed by atoms with van der Waals surface area (Å²) in [7, 11) is 0. The quantitative estimate of drug-likeness (QED) is 0.673. The van der Waals surface area contributed by atoms with E-state index in [1.165, 1.54) is 0 Å². The zero-order valence-electron chi connectivity index (χ0n) is 10.9. The van der Waals surface area contributed by atoms with E-state index < -0.39 is 0 Å². The van der Waals surface area contributed by atoms with Crippen molar-refractivity contribution >= 4 is 41.0 Å². The summed E-state index contributed by atoms with van der Waals surface area (Å²) in [5.41, 5.74) is 2.63. The number of amides is 1. The third-order valence-electron chi connectivity index (χ3n) is 2.90. The van der Waals surface area contributed by atoms with E-state index in [1.54, 1.807) is 12.1 Å². The van der Waals surface area contributed by atoms with Crippen molar-refractivity contribution in [1.29, 1.82) is 0 Å². The number of anilines is 1. The average Bonchev–Trinajstić information content (AvgIpc) is 2.97. The van der Waals surface area contributed by atoms with Gasteiger partial charge in [-0.1, -0.05) is 0 Å². The zero-order chi connectivity index (χ0) is 14.7. The Morgan fingerprint density at radius 1 is 1.05 bits per heavy atom. The molecule has 0 aliphatic heterocycles. The van der Waals surface area contributed by atoms with Crippen LogP contribution in [-0.4, -0.2) is 25.4 Å². The Labute approximate surface area is 136 Å². The van der Waals surface area contributed by atoms with Crippen LogP contribution in [0.4, 0.5) is 4.69 Å². The van der Waals surface area contributed by atoms with Gasteiger partial charge in [-0.2, -0.15) is 0 Å². The van der Waals surface area contributed by atoms with Crippen LogP contribution in [0.15, 0.2) is 64.0 Å². The molecule has 1 heterocycles. The van der Waals surface area contributed by atoms with Crippen LogP contribution >= 0.6 is 15.9 Å². The first-order valence-electron chi connectivity index (χ1n) is 6.30. The van der Waals surface area contributed by atoms with E-state index in [-0.39, 0.29) is 20.4 Å². The van der Waals surface area contributed by atoms with Gasteiger partial charge in [-0.25, -0.2) is 0 Å². The maximum absolute atomic E-state index is 12.1.